The summed E-state index contributed by atoms with van der Waals surface area (Å²) in [7, 11) is 2.14. The van der Waals surface area contributed by atoms with Crippen LogP contribution in [0.1, 0.15) is 24.5 Å². The molecule has 0 fully saturated rings. The van der Waals surface area contributed by atoms with E-state index in [2.05, 4.69) is 89.0 Å². The van der Waals surface area contributed by atoms with Gasteiger partial charge in [0.15, 0.2) is 0 Å². The van der Waals surface area contributed by atoms with Crippen LogP contribution in [-0.4, -0.2) is 35.2 Å². The molecule has 1 aromatic heterocycles. The van der Waals surface area contributed by atoms with Crippen LogP contribution in [0.5, 0.6) is 0 Å². The zero-order valence-corrected chi connectivity index (χ0v) is 17.4. The van der Waals surface area contributed by atoms with Crippen molar-refractivity contribution < 1.29 is 0 Å². The van der Waals surface area contributed by atoms with Gasteiger partial charge in [-0.2, -0.15) is 5.10 Å². The van der Waals surface area contributed by atoms with Crippen LogP contribution in [0, 0.1) is 0 Å². The molecule has 0 aliphatic carbocycles. The van der Waals surface area contributed by atoms with Gasteiger partial charge >= 0.3 is 0 Å². The molecule has 4 N–H and O–H groups in total. The topological polar surface area (TPSA) is 70.0 Å². The molecule has 0 radical (unpaired) electrons. The number of nitrogens with one attached hydrogen (secondary N) is 2. The number of aromatic nitrogens is 2. The van der Waals surface area contributed by atoms with Gasteiger partial charge in [-0.05, 0) is 61.3 Å². The van der Waals surface area contributed by atoms with E-state index < -0.39 is 0 Å². The minimum atomic E-state index is 0.853. The Morgan fingerprint density at radius 3 is 2.76 bits per heavy atom. The van der Waals surface area contributed by atoms with Gasteiger partial charge in [0.2, 0.25) is 0 Å². The van der Waals surface area contributed by atoms with Crippen LogP contribution >= 0.6 is 0 Å². The maximum Gasteiger partial charge on any atom is 0.0650 e. The maximum atomic E-state index is 6.01. The summed E-state index contributed by atoms with van der Waals surface area (Å²) in [5.74, 6) is 0. The molecule has 5 heteroatoms. The highest BCUT2D eigenvalue weighted by Crippen LogP contribution is 2.20. The molecule has 0 bridgehead atoms. The van der Waals surface area contributed by atoms with Crippen LogP contribution in [0.2, 0.25) is 0 Å². The summed E-state index contributed by atoms with van der Waals surface area (Å²) in [5.41, 5.74) is 12.7. The normalized spacial score (nSPS) is 11.4. The molecule has 2 aromatic carbocycles. The lowest BCUT2D eigenvalue weighted by Gasteiger charge is -2.15. The van der Waals surface area contributed by atoms with Gasteiger partial charge in [0.05, 0.1) is 5.69 Å². The monoisotopic (exact) mass is 389 g/mol. The average molecular weight is 390 g/mol. The van der Waals surface area contributed by atoms with Crippen molar-refractivity contribution in [2.45, 2.75) is 26.3 Å². The maximum absolute atomic E-state index is 6.01. The molecule has 3 aromatic rings. The number of anilines is 2. The van der Waals surface area contributed by atoms with Crippen molar-refractivity contribution in [2.75, 3.05) is 31.2 Å². The largest absolute Gasteiger partial charge is 0.399 e. The minimum Gasteiger partial charge on any atom is -0.399 e. The fourth-order valence-corrected chi connectivity index (χ4v) is 3.35. The Bertz CT molecular complexity index is 915. The zero-order chi connectivity index (χ0) is 20.5. The molecule has 0 aliphatic rings. The van der Waals surface area contributed by atoms with Crippen molar-refractivity contribution in [3.8, 4) is 11.3 Å². The Morgan fingerprint density at radius 1 is 1.10 bits per heavy atom. The van der Waals surface area contributed by atoms with E-state index in [1.54, 1.807) is 6.20 Å². The van der Waals surface area contributed by atoms with Gasteiger partial charge in [-0.1, -0.05) is 37.3 Å². The lowest BCUT2D eigenvalue weighted by Crippen LogP contribution is -2.18. The molecule has 5 nitrogen and oxygen atoms in total. The molecule has 0 aliphatic heterocycles. The summed E-state index contributed by atoms with van der Waals surface area (Å²) in [4.78, 5) is 2.30. The minimum absolute atomic E-state index is 0.853. The number of rotatable bonds is 10. The number of aryl methyl sites for hydroxylation is 1. The standard InChI is InChI=1S/C24H31N5/c1-3-19-14-20(16-22(25)15-19)18-29(2)13-6-4-5-11-26-23-9-7-8-21(17-23)24-10-12-27-28-24/h4,6-10,12,14-17,26H,3,5,11,13,18,25H2,1-2H3,(H,27,28)/b6-4+. The van der Waals surface area contributed by atoms with E-state index in [4.69, 9.17) is 5.73 Å². The molecule has 0 saturated heterocycles. The van der Waals surface area contributed by atoms with Gasteiger partial charge < -0.3 is 11.1 Å². The first-order valence-corrected chi connectivity index (χ1v) is 10.2. The van der Waals surface area contributed by atoms with Crippen LogP contribution in [-0.2, 0) is 13.0 Å². The van der Waals surface area contributed by atoms with Crippen molar-refractivity contribution in [3.05, 3.63) is 78.0 Å². The second-order valence-electron chi connectivity index (χ2n) is 7.37. The number of nitrogens with two attached hydrogens (primary N) is 1. The molecule has 152 valence electrons. The third-order valence-electron chi connectivity index (χ3n) is 4.83. The van der Waals surface area contributed by atoms with Crippen molar-refractivity contribution in [1.82, 2.24) is 15.1 Å². The fraction of sp³-hybridized carbons (Fsp3) is 0.292. The molecule has 29 heavy (non-hydrogen) atoms. The summed E-state index contributed by atoms with van der Waals surface area (Å²) >= 11 is 0. The lowest BCUT2D eigenvalue weighted by molar-refractivity contribution is 0.363. The molecule has 3 rings (SSSR count). The third-order valence-corrected chi connectivity index (χ3v) is 4.83. The summed E-state index contributed by atoms with van der Waals surface area (Å²) < 4.78 is 0. The Morgan fingerprint density at radius 2 is 1.97 bits per heavy atom. The van der Waals surface area contributed by atoms with Gasteiger partial charge in [0.25, 0.3) is 0 Å². The Balaban J connectivity index is 1.40. The second kappa shape index (κ2) is 10.5. The van der Waals surface area contributed by atoms with Crippen molar-refractivity contribution in [3.63, 3.8) is 0 Å². The number of hydrogen-bond acceptors (Lipinski definition) is 4. The Hall–Kier alpha value is -3.05. The highest BCUT2D eigenvalue weighted by atomic mass is 15.1. The molecule has 0 atom stereocenters. The summed E-state index contributed by atoms with van der Waals surface area (Å²) in [6.45, 7) is 4.89. The summed E-state index contributed by atoms with van der Waals surface area (Å²) in [6.07, 6.45) is 8.24. The average Bonchev–Trinajstić information content (AvgIpc) is 3.25. The van der Waals surface area contributed by atoms with Gasteiger partial charge in [-0.25, -0.2) is 0 Å². The Labute approximate surface area is 173 Å². The third kappa shape index (κ3) is 6.50. The number of nitrogens with zero attached hydrogens (tertiary/aromatic N) is 2. The molecule has 0 saturated carbocycles. The van der Waals surface area contributed by atoms with E-state index in [-0.39, 0.29) is 0 Å². The summed E-state index contributed by atoms with van der Waals surface area (Å²) in [5, 5.41) is 10.5. The Kier molecular flexibility index (Phi) is 7.47. The molecular formula is C24H31N5. The van der Waals surface area contributed by atoms with Gasteiger partial charge in [0, 0.05) is 42.8 Å². The number of aromatic amines is 1. The number of nitrogen functional groups attached to an aromatic ring is 1. The van der Waals surface area contributed by atoms with Gasteiger partial charge in [-0.15, -0.1) is 0 Å². The first-order chi connectivity index (χ1) is 14.1. The molecule has 0 spiro atoms. The van der Waals surface area contributed by atoms with Crippen molar-refractivity contribution >= 4 is 11.4 Å². The van der Waals surface area contributed by atoms with E-state index >= 15 is 0 Å². The fourth-order valence-electron chi connectivity index (χ4n) is 3.35. The predicted molar refractivity (Wildman–Crippen MR) is 123 cm³/mol. The predicted octanol–water partition coefficient (Wildman–Crippen LogP) is 4.71. The van der Waals surface area contributed by atoms with Crippen LogP contribution in [0.25, 0.3) is 11.3 Å². The van der Waals surface area contributed by atoms with Gasteiger partial charge in [0.1, 0.15) is 0 Å². The first-order valence-electron chi connectivity index (χ1n) is 10.2. The van der Waals surface area contributed by atoms with E-state index in [9.17, 15) is 0 Å². The zero-order valence-electron chi connectivity index (χ0n) is 17.4. The van der Waals surface area contributed by atoms with E-state index in [1.807, 2.05) is 6.07 Å². The number of hydrogen-bond donors (Lipinski definition) is 3. The smallest absolute Gasteiger partial charge is 0.0650 e. The van der Waals surface area contributed by atoms with E-state index in [0.717, 1.165) is 55.1 Å². The molecule has 0 amide bonds. The molecule has 1 heterocycles. The van der Waals surface area contributed by atoms with E-state index in [1.165, 1.54) is 11.1 Å². The molecule has 0 unspecified atom stereocenters. The van der Waals surface area contributed by atoms with Crippen LogP contribution < -0.4 is 11.1 Å². The summed E-state index contributed by atoms with van der Waals surface area (Å²) in [6, 6.07) is 16.7. The number of benzene rings is 2. The van der Waals surface area contributed by atoms with E-state index in [0.29, 0.717) is 0 Å². The van der Waals surface area contributed by atoms with Gasteiger partial charge in [-0.3, -0.25) is 10.00 Å². The van der Waals surface area contributed by atoms with Crippen LogP contribution in [0.3, 0.4) is 0 Å². The number of likely N-dealkylation sites (N-methyl/N-ethyl adjacent to an activating group) is 1. The lowest BCUT2D eigenvalue weighted by atomic mass is 10.1. The van der Waals surface area contributed by atoms with Crippen LogP contribution in [0.4, 0.5) is 11.4 Å². The highest BCUT2D eigenvalue weighted by molar-refractivity contribution is 5.64. The first kappa shape index (κ1) is 20.7. The van der Waals surface area contributed by atoms with Crippen LogP contribution in [0.15, 0.2) is 66.9 Å². The highest BCUT2D eigenvalue weighted by Gasteiger charge is 2.02. The SMILES string of the molecule is CCc1cc(N)cc(CN(C)C/C=C/CCNc2cccc(-c3ccn[nH]3)c2)c1. The second-order valence-corrected chi connectivity index (χ2v) is 7.37. The molecular weight excluding hydrogens is 358 g/mol. The number of H-pyrrole nitrogens is 1. The van der Waals surface area contributed by atoms with Crippen molar-refractivity contribution in [1.29, 1.82) is 0 Å². The quantitative estimate of drug-likeness (QED) is 0.267. The van der Waals surface area contributed by atoms with Crippen molar-refractivity contribution in [2.24, 2.45) is 0 Å².